The highest BCUT2D eigenvalue weighted by atomic mass is 32.1. The predicted molar refractivity (Wildman–Crippen MR) is 68.5 cm³/mol. The van der Waals surface area contributed by atoms with Gasteiger partial charge >= 0.3 is 0 Å². The molecule has 2 aromatic heterocycles. The SMILES string of the molecule is CC(=O)Nc1nc(C)c(-c2n[nH]c(=S)n2C)s1. The zero-order valence-electron chi connectivity index (χ0n) is 9.57. The fourth-order valence-electron chi connectivity index (χ4n) is 1.36. The van der Waals surface area contributed by atoms with Crippen LogP contribution < -0.4 is 5.32 Å². The molecule has 0 bridgehead atoms. The minimum Gasteiger partial charge on any atom is -0.303 e. The van der Waals surface area contributed by atoms with Crippen molar-refractivity contribution in [3.8, 4) is 10.7 Å². The van der Waals surface area contributed by atoms with Crippen molar-refractivity contribution in [3.05, 3.63) is 10.5 Å². The number of aryl methyl sites for hydroxylation is 1. The minimum absolute atomic E-state index is 0.138. The van der Waals surface area contributed by atoms with Crippen LogP contribution in [0.25, 0.3) is 10.7 Å². The van der Waals surface area contributed by atoms with Crippen LogP contribution in [-0.4, -0.2) is 25.7 Å². The van der Waals surface area contributed by atoms with Crippen molar-refractivity contribution in [2.45, 2.75) is 13.8 Å². The average Bonchev–Trinajstić information content (AvgIpc) is 2.72. The van der Waals surface area contributed by atoms with E-state index in [0.29, 0.717) is 9.90 Å². The first-order valence-electron chi connectivity index (χ1n) is 4.86. The van der Waals surface area contributed by atoms with Crippen LogP contribution in [0.15, 0.2) is 0 Å². The highest BCUT2D eigenvalue weighted by molar-refractivity contribution is 7.71. The van der Waals surface area contributed by atoms with Gasteiger partial charge in [-0.2, -0.15) is 5.10 Å². The maximum absolute atomic E-state index is 11.0. The molecule has 0 saturated carbocycles. The number of nitrogens with one attached hydrogen (secondary N) is 2. The van der Waals surface area contributed by atoms with Gasteiger partial charge in [0, 0.05) is 14.0 Å². The Hall–Kier alpha value is -1.54. The van der Waals surface area contributed by atoms with E-state index in [1.807, 2.05) is 14.0 Å². The van der Waals surface area contributed by atoms with Crippen molar-refractivity contribution in [2.24, 2.45) is 7.05 Å². The largest absolute Gasteiger partial charge is 0.303 e. The van der Waals surface area contributed by atoms with E-state index in [-0.39, 0.29) is 5.91 Å². The third-order valence-electron chi connectivity index (χ3n) is 2.16. The summed E-state index contributed by atoms with van der Waals surface area (Å²) in [5.74, 6) is 0.585. The number of thiazole rings is 1. The Kier molecular flexibility index (Phi) is 3.07. The van der Waals surface area contributed by atoms with Crippen LogP contribution in [-0.2, 0) is 11.8 Å². The molecule has 0 spiro atoms. The summed E-state index contributed by atoms with van der Waals surface area (Å²) in [6.07, 6.45) is 0. The highest BCUT2D eigenvalue weighted by Crippen LogP contribution is 2.30. The minimum atomic E-state index is -0.138. The second kappa shape index (κ2) is 4.38. The van der Waals surface area contributed by atoms with Crippen LogP contribution in [0.5, 0.6) is 0 Å². The van der Waals surface area contributed by atoms with Gasteiger partial charge in [-0.25, -0.2) is 4.98 Å². The molecule has 0 fully saturated rings. The molecule has 90 valence electrons. The molecule has 2 N–H and O–H groups in total. The zero-order valence-corrected chi connectivity index (χ0v) is 11.2. The topological polar surface area (TPSA) is 75.6 Å². The molecule has 0 saturated heterocycles. The molecule has 2 heterocycles. The fourth-order valence-corrected chi connectivity index (χ4v) is 2.53. The maximum atomic E-state index is 11.0. The molecule has 0 unspecified atom stereocenters. The molecular formula is C9H11N5OS2. The quantitative estimate of drug-likeness (QED) is 0.816. The second-order valence-electron chi connectivity index (χ2n) is 3.53. The number of aromatic nitrogens is 4. The van der Waals surface area contributed by atoms with Crippen molar-refractivity contribution in [3.63, 3.8) is 0 Å². The lowest BCUT2D eigenvalue weighted by atomic mass is 10.4. The number of H-pyrrole nitrogens is 1. The molecule has 0 atom stereocenters. The lowest BCUT2D eigenvalue weighted by Gasteiger charge is -1.96. The van der Waals surface area contributed by atoms with Gasteiger partial charge in [-0.1, -0.05) is 11.3 Å². The average molecular weight is 269 g/mol. The van der Waals surface area contributed by atoms with Gasteiger partial charge in [0.25, 0.3) is 0 Å². The normalized spacial score (nSPS) is 10.5. The second-order valence-corrected chi connectivity index (χ2v) is 4.91. The Morgan fingerprint density at radius 1 is 1.59 bits per heavy atom. The van der Waals surface area contributed by atoms with Gasteiger partial charge in [0.1, 0.15) is 0 Å². The maximum Gasteiger partial charge on any atom is 0.223 e. The van der Waals surface area contributed by atoms with E-state index in [0.717, 1.165) is 16.4 Å². The van der Waals surface area contributed by atoms with Gasteiger partial charge in [0.05, 0.1) is 10.6 Å². The third kappa shape index (κ3) is 2.27. The standard InChI is InChI=1S/C9H11N5OS2/c1-4-6(7-12-13-9(16)14(7)3)17-8(10-4)11-5(2)15/h1-3H3,(H,13,16)(H,10,11,15). The molecule has 0 aliphatic rings. The summed E-state index contributed by atoms with van der Waals surface area (Å²) in [6.45, 7) is 3.32. The van der Waals surface area contributed by atoms with Gasteiger partial charge in [0.2, 0.25) is 5.91 Å². The van der Waals surface area contributed by atoms with Crippen LogP contribution in [0.2, 0.25) is 0 Å². The molecule has 0 aromatic carbocycles. The number of rotatable bonds is 2. The Labute approximate surface area is 107 Å². The highest BCUT2D eigenvalue weighted by Gasteiger charge is 2.14. The van der Waals surface area contributed by atoms with Gasteiger partial charge in [0.15, 0.2) is 15.7 Å². The molecule has 1 amide bonds. The van der Waals surface area contributed by atoms with E-state index in [9.17, 15) is 4.79 Å². The van der Waals surface area contributed by atoms with E-state index in [4.69, 9.17) is 12.2 Å². The molecule has 0 aliphatic carbocycles. The van der Waals surface area contributed by atoms with Crippen LogP contribution in [0, 0.1) is 11.7 Å². The first kappa shape index (κ1) is 11.9. The number of nitrogens with zero attached hydrogens (tertiary/aromatic N) is 3. The van der Waals surface area contributed by atoms with Crippen LogP contribution in [0.3, 0.4) is 0 Å². The number of carbonyl (C=O) groups excluding carboxylic acids is 1. The van der Waals surface area contributed by atoms with Crippen molar-refractivity contribution < 1.29 is 4.79 Å². The first-order valence-corrected chi connectivity index (χ1v) is 6.08. The van der Waals surface area contributed by atoms with Gasteiger partial charge in [-0.3, -0.25) is 9.89 Å². The number of carbonyl (C=O) groups is 1. The van der Waals surface area contributed by atoms with E-state index in [2.05, 4.69) is 20.5 Å². The van der Waals surface area contributed by atoms with Crippen molar-refractivity contribution >= 4 is 34.6 Å². The number of hydrogen-bond donors (Lipinski definition) is 2. The summed E-state index contributed by atoms with van der Waals surface area (Å²) < 4.78 is 2.32. The number of aromatic amines is 1. The lowest BCUT2D eigenvalue weighted by Crippen LogP contribution is -2.04. The molecule has 17 heavy (non-hydrogen) atoms. The fraction of sp³-hybridized carbons (Fsp3) is 0.333. The zero-order chi connectivity index (χ0) is 12.6. The van der Waals surface area contributed by atoms with Crippen molar-refractivity contribution in [1.29, 1.82) is 0 Å². The van der Waals surface area contributed by atoms with Gasteiger partial charge in [-0.05, 0) is 19.1 Å². The Morgan fingerprint density at radius 3 is 2.82 bits per heavy atom. The Morgan fingerprint density at radius 2 is 2.29 bits per heavy atom. The van der Waals surface area contributed by atoms with Gasteiger partial charge < -0.3 is 9.88 Å². The summed E-state index contributed by atoms with van der Waals surface area (Å²) in [6, 6.07) is 0. The summed E-state index contributed by atoms with van der Waals surface area (Å²) in [5.41, 5.74) is 0.816. The Bertz CT molecular complexity index is 624. The number of anilines is 1. The molecular weight excluding hydrogens is 258 g/mol. The van der Waals surface area contributed by atoms with Crippen molar-refractivity contribution in [2.75, 3.05) is 5.32 Å². The summed E-state index contributed by atoms with van der Waals surface area (Å²) in [4.78, 5) is 16.1. The first-order chi connectivity index (χ1) is 7.99. The molecule has 0 aliphatic heterocycles. The molecule has 8 heteroatoms. The third-order valence-corrected chi connectivity index (χ3v) is 3.60. The lowest BCUT2D eigenvalue weighted by molar-refractivity contribution is -0.114. The molecule has 6 nitrogen and oxygen atoms in total. The predicted octanol–water partition coefficient (Wildman–Crippen LogP) is 1.87. The van der Waals surface area contributed by atoms with Gasteiger partial charge in [-0.15, -0.1) is 0 Å². The van der Waals surface area contributed by atoms with Crippen molar-refractivity contribution in [1.82, 2.24) is 19.7 Å². The molecule has 2 rings (SSSR count). The van der Waals surface area contributed by atoms with Crippen LogP contribution >= 0.6 is 23.6 Å². The van der Waals surface area contributed by atoms with E-state index >= 15 is 0 Å². The molecule has 2 aromatic rings. The smallest absolute Gasteiger partial charge is 0.223 e. The van der Waals surface area contributed by atoms with E-state index < -0.39 is 0 Å². The van der Waals surface area contributed by atoms with E-state index in [1.54, 1.807) is 4.57 Å². The Balaban J connectivity index is 2.46. The van der Waals surface area contributed by atoms with E-state index in [1.165, 1.54) is 18.3 Å². The number of hydrogen-bond acceptors (Lipinski definition) is 5. The molecule has 0 radical (unpaired) electrons. The van der Waals surface area contributed by atoms with Crippen LogP contribution in [0.1, 0.15) is 12.6 Å². The van der Waals surface area contributed by atoms with Crippen LogP contribution in [0.4, 0.5) is 5.13 Å². The summed E-state index contributed by atoms with van der Waals surface area (Å²) in [7, 11) is 1.83. The number of amides is 1. The summed E-state index contributed by atoms with van der Waals surface area (Å²) in [5, 5.41) is 10.1. The summed E-state index contributed by atoms with van der Waals surface area (Å²) >= 11 is 6.43. The monoisotopic (exact) mass is 269 g/mol.